The van der Waals surface area contributed by atoms with Crippen molar-refractivity contribution in [3.05, 3.63) is 48.3 Å². The highest BCUT2D eigenvalue weighted by Gasteiger charge is 2.03. The van der Waals surface area contributed by atoms with Gasteiger partial charge in [0, 0.05) is 5.69 Å². The molecule has 0 atom stereocenters. The predicted molar refractivity (Wildman–Crippen MR) is 80.9 cm³/mol. The number of rotatable bonds is 5. The Kier molecular flexibility index (Phi) is 3.59. The van der Waals surface area contributed by atoms with Crippen molar-refractivity contribution in [1.82, 2.24) is 9.97 Å². The van der Waals surface area contributed by atoms with E-state index < -0.39 is 0 Å². The number of halogens is 1. The lowest BCUT2D eigenvalue weighted by Crippen LogP contribution is -2.12. The molecular weight excluding hydrogens is 271 g/mol. The van der Waals surface area contributed by atoms with Crippen molar-refractivity contribution < 1.29 is 9.13 Å². The maximum Gasteiger partial charge on any atom is 0.201 e. The number of ether oxygens (including phenoxy) is 1. The molecule has 4 N–H and O–H groups in total. The number of nitrogens with one attached hydrogen (secondary N) is 2. The third-order valence-corrected chi connectivity index (χ3v) is 2.99. The van der Waals surface area contributed by atoms with Crippen LogP contribution in [0.5, 0.6) is 5.75 Å². The van der Waals surface area contributed by atoms with Gasteiger partial charge in [-0.1, -0.05) is 0 Å². The summed E-state index contributed by atoms with van der Waals surface area (Å²) < 4.78 is 18.6. The van der Waals surface area contributed by atoms with Crippen molar-refractivity contribution in [3.8, 4) is 5.75 Å². The van der Waals surface area contributed by atoms with Crippen molar-refractivity contribution in [2.45, 2.75) is 0 Å². The smallest absolute Gasteiger partial charge is 0.201 e. The molecule has 0 saturated carbocycles. The topological polar surface area (TPSA) is 76.0 Å². The van der Waals surface area contributed by atoms with Gasteiger partial charge in [0.15, 0.2) is 0 Å². The number of hydrogen-bond acceptors (Lipinski definition) is 4. The van der Waals surface area contributed by atoms with Gasteiger partial charge >= 0.3 is 0 Å². The average molecular weight is 286 g/mol. The third-order valence-electron chi connectivity index (χ3n) is 2.99. The summed E-state index contributed by atoms with van der Waals surface area (Å²) in [6, 6.07) is 11.7. The zero-order valence-electron chi connectivity index (χ0n) is 11.3. The van der Waals surface area contributed by atoms with E-state index in [1.165, 1.54) is 12.1 Å². The Morgan fingerprint density at radius 2 is 2.00 bits per heavy atom. The van der Waals surface area contributed by atoms with Crippen molar-refractivity contribution in [2.75, 3.05) is 24.2 Å². The van der Waals surface area contributed by atoms with Crippen LogP contribution < -0.4 is 15.8 Å². The number of imidazole rings is 1. The van der Waals surface area contributed by atoms with Gasteiger partial charge in [-0.05, 0) is 42.5 Å². The first kappa shape index (κ1) is 13.2. The predicted octanol–water partition coefficient (Wildman–Crippen LogP) is 2.78. The van der Waals surface area contributed by atoms with Crippen molar-refractivity contribution in [3.63, 3.8) is 0 Å². The number of nitrogens with zero attached hydrogens (tertiary/aromatic N) is 1. The minimum absolute atomic E-state index is 0.288. The van der Waals surface area contributed by atoms with Crippen LogP contribution >= 0.6 is 0 Å². The molecule has 3 aromatic rings. The molecule has 0 unspecified atom stereocenters. The molecule has 0 bridgehead atoms. The molecule has 3 rings (SSSR count). The second kappa shape index (κ2) is 5.70. The maximum absolute atomic E-state index is 13.1. The molecular formula is C15H15FN4O. The summed E-state index contributed by atoms with van der Waals surface area (Å²) >= 11 is 0. The zero-order valence-corrected chi connectivity index (χ0v) is 11.3. The van der Waals surface area contributed by atoms with Crippen LogP contribution in [0.25, 0.3) is 11.0 Å². The summed E-state index contributed by atoms with van der Waals surface area (Å²) in [5.74, 6) is 1.07. The number of hydrogen-bond donors (Lipinski definition) is 3. The fraction of sp³-hybridized carbons (Fsp3) is 0.133. The average Bonchev–Trinajstić information content (AvgIpc) is 2.87. The molecule has 0 aliphatic carbocycles. The summed E-state index contributed by atoms with van der Waals surface area (Å²) in [5, 5.41) is 3.10. The van der Waals surface area contributed by atoms with Gasteiger partial charge in [0.2, 0.25) is 5.95 Å². The number of H-pyrrole nitrogens is 1. The monoisotopic (exact) mass is 286 g/mol. The highest BCUT2D eigenvalue weighted by molar-refractivity contribution is 5.77. The molecule has 21 heavy (non-hydrogen) atoms. The van der Waals surface area contributed by atoms with Crippen LogP contribution in [0.4, 0.5) is 16.0 Å². The van der Waals surface area contributed by atoms with E-state index in [9.17, 15) is 4.39 Å². The first-order valence-corrected chi connectivity index (χ1v) is 6.58. The summed E-state index contributed by atoms with van der Waals surface area (Å²) in [5.41, 5.74) is 7.69. The second-order valence-electron chi connectivity index (χ2n) is 4.59. The van der Waals surface area contributed by atoms with Crippen LogP contribution in [0.3, 0.4) is 0 Å². The molecule has 6 heteroatoms. The van der Waals surface area contributed by atoms with Crippen LogP contribution in [-0.4, -0.2) is 23.1 Å². The Balaban J connectivity index is 1.53. The van der Waals surface area contributed by atoms with Crippen molar-refractivity contribution >= 4 is 22.7 Å². The Hall–Kier alpha value is -2.76. The summed E-state index contributed by atoms with van der Waals surface area (Å²) in [6.45, 7) is 1.06. The number of anilines is 2. The molecule has 1 aromatic heterocycles. The van der Waals surface area contributed by atoms with E-state index in [1.807, 2.05) is 12.1 Å². The van der Waals surface area contributed by atoms with Gasteiger partial charge in [0.1, 0.15) is 18.2 Å². The first-order chi connectivity index (χ1) is 10.2. The lowest BCUT2D eigenvalue weighted by molar-refractivity contribution is 0.332. The molecule has 108 valence electrons. The summed E-state index contributed by atoms with van der Waals surface area (Å²) in [6.07, 6.45) is 0. The van der Waals surface area contributed by atoms with Crippen LogP contribution in [0.15, 0.2) is 42.5 Å². The third kappa shape index (κ3) is 3.22. The van der Waals surface area contributed by atoms with Gasteiger partial charge in [-0.25, -0.2) is 9.37 Å². The number of nitrogens with two attached hydrogens (primary N) is 1. The molecule has 0 fully saturated rings. The molecule has 0 aliphatic rings. The Bertz CT molecular complexity index is 739. The minimum Gasteiger partial charge on any atom is -0.492 e. The summed E-state index contributed by atoms with van der Waals surface area (Å²) in [7, 11) is 0. The molecule has 5 nitrogen and oxygen atoms in total. The van der Waals surface area contributed by atoms with Gasteiger partial charge in [-0.15, -0.1) is 0 Å². The molecule has 0 saturated heterocycles. The standard InChI is InChI=1S/C15H15FN4O/c16-10-1-6-13-14(9-10)20-15(19-13)18-7-8-21-12-4-2-11(17)3-5-12/h1-6,9H,7-8,17H2,(H2,18,19,20). The number of aromatic amines is 1. The number of benzene rings is 2. The fourth-order valence-corrected chi connectivity index (χ4v) is 1.97. The zero-order chi connectivity index (χ0) is 14.7. The second-order valence-corrected chi connectivity index (χ2v) is 4.59. The fourth-order valence-electron chi connectivity index (χ4n) is 1.97. The molecule has 0 spiro atoms. The largest absolute Gasteiger partial charge is 0.492 e. The van der Waals surface area contributed by atoms with E-state index in [0.717, 1.165) is 11.3 Å². The SMILES string of the molecule is Nc1ccc(OCCNc2nc3ccc(F)cc3[nH]2)cc1. The normalized spacial score (nSPS) is 10.7. The highest BCUT2D eigenvalue weighted by atomic mass is 19.1. The van der Waals surface area contributed by atoms with Gasteiger partial charge < -0.3 is 20.8 Å². The van der Waals surface area contributed by atoms with Gasteiger partial charge in [0.05, 0.1) is 17.6 Å². The molecule has 2 aromatic carbocycles. The quantitative estimate of drug-likeness (QED) is 0.498. The van der Waals surface area contributed by atoms with E-state index in [2.05, 4.69) is 15.3 Å². The number of aromatic nitrogens is 2. The molecule has 0 radical (unpaired) electrons. The van der Waals surface area contributed by atoms with Crippen molar-refractivity contribution in [2.24, 2.45) is 0 Å². The molecule has 0 aliphatic heterocycles. The molecule has 1 heterocycles. The molecule has 0 amide bonds. The Morgan fingerprint density at radius 1 is 1.19 bits per heavy atom. The van der Waals surface area contributed by atoms with Gasteiger partial charge in [-0.2, -0.15) is 0 Å². The van der Waals surface area contributed by atoms with Crippen LogP contribution in [0.2, 0.25) is 0 Å². The van der Waals surface area contributed by atoms with Crippen LogP contribution in [-0.2, 0) is 0 Å². The highest BCUT2D eigenvalue weighted by Crippen LogP contribution is 2.15. The van der Waals surface area contributed by atoms with E-state index >= 15 is 0 Å². The van der Waals surface area contributed by atoms with E-state index in [1.54, 1.807) is 18.2 Å². The number of nitrogen functional groups attached to an aromatic ring is 1. The first-order valence-electron chi connectivity index (χ1n) is 6.58. The van der Waals surface area contributed by atoms with E-state index in [-0.39, 0.29) is 5.82 Å². The van der Waals surface area contributed by atoms with E-state index in [4.69, 9.17) is 10.5 Å². The lowest BCUT2D eigenvalue weighted by Gasteiger charge is -2.06. The van der Waals surface area contributed by atoms with Gasteiger partial charge in [-0.3, -0.25) is 0 Å². The van der Waals surface area contributed by atoms with Crippen LogP contribution in [0.1, 0.15) is 0 Å². The Morgan fingerprint density at radius 3 is 2.81 bits per heavy atom. The lowest BCUT2D eigenvalue weighted by atomic mass is 10.3. The Labute approximate surface area is 120 Å². The van der Waals surface area contributed by atoms with Crippen LogP contribution in [0, 0.1) is 5.82 Å². The minimum atomic E-state index is -0.288. The van der Waals surface area contributed by atoms with Gasteiger partial charge in [0.25, 0.3) is 0 Å². The summed E-state index contributed by atoms with van der Waals surface area (Å²) in [4.78, 5) is 7.31. The maximum atomic E-state index is 13.1. The van der Waals surface area contributed by atoms with E-state index in [0.29, 0.717) is 30.3 Å². The number of fused-ring (bicyclic) bond motifs is 1. The van der Waals surface area contributed by atoms with Crippen molar-refractivity contribution in [1.29, 1.82) is 0 Å².